The molecule has 192 valence electrons. The molecule has 2 aliphatic heterocycles. The first-order valence-corrected chi connectivity index (χ1v) is 12.2. The third-order valence-electron chi connectivity index (χ3n) is 8.43. The number of ether oxygens (including phenoxy) is 2. The van der Waals surface area contributed by atoms with Crippen LogP contribution in [0, 0.1) is 35.5 Å². The number of carbonyl (C=O) groups is 3. The lowest BCUT2D eigenvalue weighted by Crippen LogP contribution is -2.55. The van der Waals surface area contributed by atoms with Gasteiger partial charge >= 0.3 is 5.97 Å². The topological polar surface area (TPSA) is 146 Å². The molecule has 1 fully saturated rings. The number of anilines is 1. The Morgan fingerprint density at radius 1 is 1.05 bits per heavy atom. The number of hydrogen-bond donors (Lipinski definition) is 4. The lowest BCUT2D eigenvalue weighted by Gasteiger charge is -2.43. The smallest absolute Gasteiger partial charge is 0.335 e. The van der Waals surface area contributed by atoms with E-state index >= 15 is 0 Å². The first-order chi connectivity index (χ1) is 18.7. The molecular formula is C30H19NO8. The Hall–Kier alpha value is -4.99. The van der Waals surface area contributed by atoms with Crippen molar-refractivity contribution in [2.24, 2.45) is 11.8 Å². The number of carboxylic acids is 1. The van der Waals surface area contributed by atoms with Gasteiger partial charge in [0.1, 0.15) is 40.4 Å². The molecule has 7 rings (SSSR count). The van der Waals surface area contributed by atoms with Crippen molar-refractivity contribution in [1.82, 2.24) is 0 Å². The highest BCUT2D eigenvalue weighted by molar-refractivity contribution is 6.32. The minimum absolute atomic E-state index is 0.00110. The lowest BCUT2D eigenvalue weighted by atomic mass is 9.59. The molecule has 1 saturated heterocycles. The lowest BCUT2D eigenvalue weighted by molar-refractivity contribution is -0.134. The van der Waals surface area contributed by atoms with Gasteiger partial charge in [0, 0.05) is 17.0 Å². The number of benzene rings is 2. The number of nitrogens with one attached hydrogen (secondary N) is 1. The van der Waals surface area contributed by atoms with Gasteiger partial charge in [0.25, 0.3) is 0 Å². The van der Waals surface area contributed by atoms with Gasteiger partial charge in [-0.05, 0) is 24.3 Å². The van der Waals surface area contributed by atoms with Gasteiger partial charge in [0.15, 0.2) is 11.6 Å². The standard InChI is InChI=1S/C30H19NO8/c1-13-20(28(36)37)27(38-2)15-9-5-3-4-6-11-19-29(13)30(15,39-29)16-12-18(33)22-23(24(16)31-19)26(35)21-14(25(22)34)8-7-10-17(21)32/h3-4,7-8,10,12-13,15,19,31-33H,1-2H3,(H,36,37)/b4-3-/t13-,15+,19-,29-,30+/m0/s1. The zero-order valence-corrected chi connectivity index (χ0v) is 20.6. The molecule has 9 nitrogen and oxygen atoms in total. The van der Waals surface area contributed by atoms with Crippen LogP contribution < -0.4 is 5.32 Å². The summed E-state index contributed by atoms with van der Waals surface area (Å²) in [6.07, 6.45) is 3.09. The Bertz CT molecular complexity index is 1790. The van der Waals surface area contributed by atoms with Crippen LogP contribution in [-0.4, -0.2) is 51.6 Å². The highest BCUT2D eigenvalue weighted by Gasteiger charge is 2.85. The zero-order chi connectivity index (χ0) is 27.4. The maximum Gasteiger partial charge on any atom is 0.335 e. The van der Waals surface area contributed by atoms with E-state index in [2.05, 4.69) is 29.0 Å². The van der Waals surface area contributed by atoms with E-state index in [1.54, 1.807) is 13.0 Å². The molecule has 39 heavy (non-hydrogen) atoms. The second kappa shape index (κ2) is 7.31. The maximum atomic E-state index is 13.9. The molecule has 2 heterocycles. The van der Waals surface area contributed by atoms with Crippen molar-refractivity contribution in [3.8, 4) is 35.2 Å². The molecule has 4 N–H and O–H groups in total. The van der Waals surface area contributed by atoms with Gasteiger partial charge in [0.05, 0.1) is 35.1 Å². The van der Waals surface area contributed by atoms with Crippen molar-refractivity contribution >= 4 is 23.2 Å². The highest BCUT2D eigenvalue weighted by Crippen LogP contribution is 2.74. The Labute approximate surface area is 221 Å². The fourth-order valence-corrected chi connectivity index (χ4v) is 6.87. The molecule has 0 radical (unpaired) electrons. The van der Waals surface area contributed by atoms with Crippen LogP contribution in [0.25, 0.3) is 0 Å². The first-order valence-electron chi connectivity index (χ1n) is 12.2. The summed E-state index contributed by atoms with van der Waals surface area (Å²) in [7, 11) is 1.36. The van der Waals surface area contributed by atoms with Crippen molar-refractivity contribution in [2.75, 3.05) is 12.4 Å². The number of carboxylic acid groups (broad SMARTS) is 1. The molecule has 0 saturated carbocycles. The largest absolute Gasteiger partial charge is 0.507 e. The summed E-state index contributed by atoms with van der Waals surface area (Å²) in [6.45, 7) is 1.71. The molecule has 5 atom stereocenters. The van der Waals surface area contributed by atoms with E-state index < -0.39 is 52.4 Å². The average Bonchev–Trinajstić information content (AvgIpc) is 3.63. The molecule has 2 aromatic rings. The van der Waals surface area contributed by atoms with Gasteiger partial charge in [-0.2, -0.15) is 0 Å². The van der Waals surface area contributed by atoms with E-state index in [9.17, 15) is 29.7 Å². The van der Waals surface area contributed by atoms with E-state index in [4.69, 9.17) is 9.47 Å². The molecule has 0 amide bonds. The number of carbonyl (C=O) groups excluding carboxylic acids is 2. The molecule has 0 aromatic heterocycles. The van der Waals surface area contributed by atoms with Crippen LogP contribution in [0.2, 0.25) is 0 Å². The van der Waals surface area contributed by atoms with Crippen molar-refractivity contribution in [2.45, 2.75) is 24.2 Å². The van der Waals surface area contributed by atoms with Gasteiger partial charge in [-0.25, -0.2) is 4.79 Å². The van der Waals surface area contributed by atoms with Crippen LogP contribution in [-0.2, 0) is 19.9 Å². The van der Waals surface area contributed by atoms with Crippen molar-refractivity contribution in [3.05, 3.63) is 75.6 Å². The van der Waals surface area contributed by atoms with Crippen molar-refractivity contribution in [3.63, 3.8) is 0 Å². The summed E-state index contributed by atoms with van der Waals surface area (Å²) in [5.41, 5.74) is -2.57. The first kappa shape index (κ1) is 23.2. The Balaban J connectivity index is 1.59. The van der Waals surface area contributed by atoms with Gasteiger partial charge in [-0.15, -0.1) is 0 Å². The quantitative estimate of drug-likeness (QED) is 0.227. The number of phenols is 2. The highest BCUT2D eigenvalue weighted by atomic mass is 16.6. The van der Waals surface area contributed by atoms with Crippen LogP contribution in [0.4, 0.5) is 5.69 Å². The Kier molecular flexibility index (Phi) is 4.34. The molecule has 3 aliphatic carbocycles. The number of hydrogen-bond acceptors (Lipinski definition) is 8. The molecule has 5 aliphatic rings. The van der Waals surface area contributed by atoms with Crippen molar-refractivity contribution in [1.29, 1.82) is 0 Å². The molecule has 0 spiro atoms. The second-order valence-electron chi connectivity index (χ2n) is 9.99. The fraction of sp³-hybridized carbons (Fsp3) is 0.233. The number of aliphatic carboxylic acids is 1. The zero-order valence-electron chi connectivity index (χ0n) is 20.6. The number of fused-ring (bicyclic) bond motifs is 4. The minimum Gasteiger partial charge on any atom is -0.507 e. The van der Waals surface area contributed by atoms with E-state index in [0.29, 0.717) is 5.56 Å². The Morgan fingerprint density at radius 3 is 2.51 bits per heavy atom. The van der Waals surface area contributed by atoms with Gasteiger partial charge < -0.3 is 30.1 Å². The third-order valence-corrected chi connectivity index (χ3v) is 8.43. The summed E-state index contributed by atoms with van der Waals surface area (Å²) < 4.78 is 12.2. The third kappa shape index (κ3) is 2.49. The van der Waals surface area contributed by atoms with E-state index in [1.165, 1.54) is 37.5 Å². The number of epoxide rings is 1. The van der Waals surface area contributed by atoms with Crippen molar-refractivity contribution < 1.29 is 39.2 Å². The van der Waals surface area contributed by atoms with E-state index in [1.807, 2.05) is 0 Å². The van der Waals surface area contributed by atoms with Crippen LogP contribution in [0.5, 0.6) is 11.5 Å². The predicted molar refractivity (Wildman–Crippen MR) is 135 cm³/mol. The number of allylic oxidation sites excluding steroid dienone is 2. The molecule has 9 heteroatoms. The summed E-state index contributed by atoms with van der Waals surface area (Å²) in [4.78, 5) is 39.9. The Morgan fingerprint density at radius 2 is 1.79 bits per heavy atom. The average molecular weight is 521 g/mol. The van der Waals surface area contributed by atoms with Gasteiger partial charge in [0.2, 0.25) is 0 Å². The monoisotopic (exact) mass is 521 g/mol. The number of aromatic hydroxyl groups is 2. The summed E-state index contributed by atoms with van der Waals surface area (Å²) in [6, 6.07) is 4.72. The number of ketones is 2. The number of phenolic OH excluding ortho intramolecular Hbond substituents is 2. The second-order valence-corrected chi connectivity index (χ2v) is 9.99. The normalized spacial score (nSPS) is 31.0. The molecular weight excluding hydrogens is 502 g/mol. The predicted octanol–water partition coefficient (Wildman–Crippen LogP) is 2.46. The maximum absolute atomic E-state index is 13.9. The summed E-state index contributed by atoms with van der Waals surface area (Å²) >= 11 is 0. The molecule has 2 aromatic carbocycles. The number of methoxy groups -OCH3 is 1. The van der Waals surface area contributed by atoms with Gasteiger partial charge in [-0.3, -0.25) is 9.59 Å². The van der Waals surface area contributed by atoms with Crippen LogP contribution in [0.3, 0.4) is 0 Å². The fourth-order valence-electron chi connectivity index (χ4n) is 6.87. The summed E-state index contributed by atoms with van der Waals surface area (Å²) in [5, 5.41) is 35.2. The van der Waals surface area contributed by atoms with Gasteiger partial charge in [-0.1, -0.05) is 42.7 Å². The van der Waals surface area contributed by atoms with E-state index in [0.717, 1.165) is 0 Å². The SMILES string of the molecule is COC1=C(C(=O)O)[C@H](C)[C@@]23O[C@]24c2cc(O)c5c(c2N[C@H]3C#C/C=C\C#C[C@H]14)C(=O)c1c(O)cccc1C5=O. The summed E-state index contributed by atoms with van der Waals surface area (Å²) in [5.74, 6) is 7.11. The van der Waals surface area contributed by atoms with Crippen LogP contribution in [0.15, 0.2) is 47.7 Å². The molecule has 0 unspecified atom stereocenters. The minimum atomic E-state index is -1.36. The molecule has 4 bridgehead atoms. The van der Waals surface area contributed by atoms with Crippen LogP contribution in [0.1, 0.15) is 44.3 Å². The van der Waals surface area contributed by atoms with Crippen LogP contribution >= 0.6 is 0 Å². The van der Waals surface area contributed by atoms with E-state index in [-0.39, 0.29) is 45.0 Å². The number of rotatable bonds is 2.